The van der Waals surface area contributed by atoms with Crippen LogP contribution >= 0.6 is 0 Å². The smallest absolute Gasteiger partial charge is 0.254 e. The molecule has 3 rings (SSSR count). The molecule has 1 saturated carbocycles. The van der Waals surface area contributed by atoms with Crippen LogP contribution < -0.4 is 0 Å². The Hall–Kier alpha value is -0.660. The molecule has 3 fully saturated rings. The minimum atomic E-state index is -3.14. The van der Waals surface area contributed by atoms with Crippen LogP contribution in [0.15, 0.2) is 0 Å². The van der Waals surface area contributed by atoms with E-state index < -0.39 is 10.0 Å². The molecule has 0 aromatic rings. The highest BCUT2D eigenvalue weighted by molar-refractivity contribution is 7.88. The number of nitrogens with zero attached hydrogens (tertiary/aromatic N) is 2. The van der Waals surface area contributed by atoms with Crippen molar-refractivity contribution in [2.45, 2.75) is 37.3 Å². The summed E-state index contributed by atoms with van der Waals surface area (Å²) in [5.74, 6) is 0.716. The summed E-state index contributed by atoms with van der Waals surface area (Å²) in [6.07, 6.45) is 4.61. The van der Waals surface area contributed by atoms with Gasteiger partial charge in [0.05, 0.1) is 11.8 Å². The molecule has 7 heteroatoms. The minimum Gasteiger partial charge on any atom is -0.369 e. The third kappa shape index (κ3) is 2.16. The van der Waals surface area contributed by atoms with Crippen LogP contribution in [-0.4, -0.2) is 68.2 Å². The van der Waals surface area contributed by atoms with E-state index in [2.05, 4.69) is 0 Å². The molecule has 1 spiro atoms. The third-order valence-corrected chi connectivity index (χ3v) is 6.25. The van der Waals surface area contributed by atoms with E-state index in [0.29, 0.717) is 31.8 Å². The largest absolute Gasteiger partial charge is 0.369 e. The molecular formula is C13H22N2O4S. The Balaban J connectivity index is 1.74. The zero-order valence-corrected chi connectivity index (χ0v) is 12.9. The van der Waals surface area contributed by atoms with Gasteiger partial charge in [-0.15, -0.1) is 0 Å². The number of ether oxygens (including phenoxy) is 1. The Morgan fingerprint density at radius 2 is 1.90 bits per heavy atom. The average Bonchev–Trinajstić information content (AvgIpc) is 3.20. The van der Waals surface area contributed by atoms with E-state index in [0.717, 1.165) is 6.54 Å². The number of likely N-dealkylation sites (tertiary alicyclic amines) is 1. The summed E-state index contributed by atoms with van der Waals surface area (Å²) in [7, 11) is -1.57. The van der Waals surface area contributed by atoms with Crippen LogP contribution in [0.2, 0.25) is 0 Å². The number of sulfonamides is 1. The summed E-state index contributed by atoms with van der Waals surface area (Å²) >= 11 is 0. The van der Waals surface area contributed by atoms with Crippen molar-refractivity contribution in [1.29, 1.82) is 0 Å². The van der Waals surface area contributed by atoms with Crippen molar-refractivity contribution in [3.8, 4) is 0 Å². The SMILES string of the molecule is COC1C(=O)N(CC2CC2)C12CCN(S(C)(=O)=O)CC2. The van der Waals surface area contributed by atoms with Gasteiger partial charge in [0, 0.05) is 26.7 Å². The highest BCUT2D eigenvalue weighted by Gasteiger charge is 2.62. The van der Waals surface area contributed by atoms with Gasteiger partial charge in [-0.05, 0) is 31.6 Å². The normalized spacial score (nSPS) is 30.6. The Kier molecular flexibility index (Phi) is 3.34. The van der Waals surface area contributed by atoms with Crippen molar-refractivity contribution in [3.05, 3.63) is 0 Å². The lowest BCUT2D eigenvalue weighted by molar-refractivity contribution is -0.197. The highest BCUT2D eigenvalue weighted by atomic mass is 32.2. The molecule has 1 unspecified atom stereocenters. The van der Waals surface area contributed by atoms with E-state index in [-0.39, 0.29) is 17.6 Å². The maximum Gasteiger partial charge on any atom is 0.254 e. The topological polar surface area (TPSA) is 66.9 Å². The lowest BCUT2D eigenvalue weighted by Gasteiger charge is -2.59. The van der Waals surface area contributed by atoms with E-state index in [1.54, 1.807) is 7.11 Å². The zero-order valence-electron chi connectivity index (χ0n) is 12.0. The predicted octanol–water partition coefficient (Wildman–Crippen LogP) is 0.0478. The summed E-state index contributed by atoms with van der Waals surface area (Å²) < 4.78 is 30.1. The summed E-state index contributed by atoms with van der Waals surface area (Å²) in [5.41, 5.74) is -0.268. The maximum absolute atomic E-state index is 12.2. The van der Waals surface area contributed by atoms with Crippen molar-refractivity contribution in [3.63, 3.8) is 0 Å². The molecule has 1 aliphatic carbocycles. The van der Waals surface area contributed by atoms with Crippen LogP contribution in [0.5, 0.6) is 0 Å². The quantitative estimate of drug-likeness (QED) is 0.688. The van der Waals surface area contributed by atoms with E-state index in [1.807, 2.05) is 4.90 Å². The second-order valence-corrected chi connectivity index (χ2v) is 8.26. The van der Waals surface area contributed by atoms with Crippen LogP contribution in [-0.2, 0) is 19.6 Å². The van der Waals surface area contributed by atoms with E-state index in [9.17, 15) is 13.2 Å². The maximum atomic E-state index is 12.2. The van der Waals surface area contributed by atoms with E-state index in [1.165, 1.54) is 23.4 Å². The number of piperidine rings is 1. The first-order valence-electron chi connectivity index (χ1n) is 7.18. The number of hydrogen-bond acceptors (Lipinski definition) is 4. The van der Waals surface area contributed by atoms with Gasteiger partial charge >= 0.3 is 0 Å². The average molecular weight is 302 g/mol. The fourth-order valence-electron chi connectivity index (χ4n) is 3.55. The molecule has 2 aliphatic heterocycles. The number of carbonyl (C=O) groups is 1. The standard InChI is InChI=1S/C13H22N2O4S/c1-19-11-12(16)15(9-10-3-4-10)13(11)5-7-14(8-6-13)20(2,17)18/h10-11H,3-9H2,1-2H3. The van der Waals surface area contributed by atoms with Crippen LogP contribution in [0.3, 0.4) is 0 Å². The van der Waals surface area contributed by atoms with Crippen LogP contribution in [0, 0.1) is 5.92 Å². The van der Waals surface area contributed by atoms with Crippen LogP contribution in [0.25, 0.3) is 0 Å². The second kappa shape index (κ2) is 4.68. The monoisotopic (exact) mass is 302 g/mol. The number of carbonyl (C=O) groups excluding carboxylic acids is 1. The van der Waals surface area contributed by atoms with Gasteiger partial charge in [-0.1, -0.05) is 0 Å². The predicted molar refractivity (Wildman–Crippen MR) is 73.6 cm³/mol. The second-order valence-electron chi connectivity index (χ2n) is 6.27. The highest BCUT2D eigenvalue weighted by Crippen LogP contribution is 2.45. The molecule has 0 aromatic carbocycles. The molecule has 114 valence electrons. The molecule has 1 amide bonds. The molecule has 2 saturated heterocycles. The van der Waals surface area contributed by atoms with Gasteiger partial charge < -0.3 is 9.64 Å². The molecule has 2 heterocycles. The molecule has 3 aliphatic rings. The Bertz CT molecular complexity index is 506. The van der Waals surface area contributed by atoms with Crippen LogP contribution in [0.4, 0.5) is 0 Å². The Labute approximate surface area is 120 Å². The lowest BCUT2D eigenvalue weighted by Crippen LogP contribution is -2.77. The van der Waals surface area contributed by atoms with Gasteiger partial charge in [-0.25, -0.2) is 12.7 Å². The van der Waals surface area contributed by atoms with Crippen LogP contribution in [0.1, 0.15) is 25.7 Å². The lowest BCUT2D eigenvalue weighted by atomic mass is 9.73. The summed E-state index contributed by atoms with van der Waals surface area (Å²) in [5, 5.41) is 0. The molecule has 20 heavy (non-hydrogen) atoms. The first kappa shape index (κ1) is 14.3. The van der Waals surface area contributed by atoms with Crippen molar-refractivity contribution in [2.75, 3.05) is 33.0 Å². The molecule has 6 nitrogen and oxygen atoms in total. The molecule has 0 bridgehead atoms. The minimum absolute atomic E-state index is 0.0761. The summed E-state index contributed by atoms with van der Waals surface area (Å²) in [6, 6.07) is 0. The number of β-lactam (4-membered cyclic amide) rings is 1. The molecule has 1 atom stereocenters. The van der Waals surface area contributed by atoms with Crippen molar-refractivity contribution < 1.29 is 17.9 Å². The number of hydrogen-bond donors (Lipinski definition) is 0. The third-order valence-electron chi connectivity index (χ3n) is 4.95. The van der Waals surface area contributed by atoms with Crippen molar-refractivity contribution in [1.82, 2.24) is 9.21 Å². The zero-order chi connectivity index (χ0) is 14.5. The van der Waals surface area contributed by atoms with Gasteiger partial charge in [0.15, 0.2) is 6.10 Å². The number of amides is 1. The van der Waals surface area contributed by atoms with E-state index in [4.69, 9.17) is 4.74 Å². The first-order valence-corrected chi connectivity index (χ1v) is 9.03. The Morgan fingerprint density at radius 3 is 2.35 bits per heavy atom. The molecular weight excluding hydrogens is 280 g/mol. The van der Waals surface area contributed by atoms with Gasteiger partial charge in [0.1, 0.15) is 0 Å². The van der Waals surface area contributed by atoms with Crippen molar-refractivity contribution >= 4 is 15.9 Å². The van der Waals surface area contributed by atoms with Gasteiger partial charge in [0.25, 0.3) is 5.91 Å². The molecule has 0 radical (unpaired) electrons. The van der Waals surface area contributed by atoms with Gasteiger partial charge in [0.2, 0.25) is 10.0 Å². The van der Waals surface area contributed by atoms with Crippen molar-refractivity contribution in [2.24, 2.45) is 5.92 Å². The van der Waals surface area contributed by atoms with Gasteiger partial charge in [-0.2, -0.15) is 0 Å². The van der Waals surface area contributed by atoms with Gasteiger partial charge in [-0.3, -0.25) is 4.79 Å². The molecule has 0 N–H and O–H groups in total. The number of methoxy groups -OCH3 is 1. The Morgan fingerprint density at radius 1 is 1.30 bits per heavy atom. The summed E-state index contributed by atoms with van der Waals surface area (Å²) in [4.78, 5) is 14.1. The fraction of sp³-hybridized carbons (Fsp3) is 0.923. The van der Waals surface area contributed by atoms with E-state index >= 15 is 0 Å². The first-order chi connectivity index (χ1) is 9.38. The number of rotatable bonds is 4. The summed E-state index contributed by atoms with van der Waals surface area (Å²) in [6.45, 7) is 1.78. The fourth-order valence-corrected chi connectivity index (χ4v) is 4.40. The molecule has 0 aromatic heterocycles.